The monoisotopic (exact) mass is 342 g/mol. The second-order valence-electron chi connectivity index (χ2n) is 5.76. The number of fused-ring (bicyclic) bond motifs is 1. The highest BCUT2D eigenvalue weighted by atomic mass is 35.5. The number of rotatable bonds is 6. The van der Waals surface area contributed by atoms with Crippen LogP contribution in [0.5, 0.6) is 0 Å². The Balaban J connectivity index is 1.45. The van der Waals surface area contributed by atoms with E-state index in [4.69, 9.17) is 16.0 Å². The number of amides is 1. The van der Waals surface area contributed by atoms with Gasteiger partial charge in [-0.25, -0.2) is 4.98 Å². The molecule has 0 aliphatic carbocycles. The molecule has 1 heterocycles. The zero-order valence-electron chi connectivity index (χ0n) is 13.5. The number of carbonyl (C=O) groups excluding carboxylic acids is 1. The molecular weight excluding hydrogens is 324 g/mol. The maximum Gasteiger partial charge on any atom is 0.220 e. The standard InChI is InChI=1S/C19H19ClN2O2/c1-13-22-17-12-15(4-8-18(17)24-13)5-9-19(23)21-11-10-14-2-6-16(20)7-3-14/h2-4,6-8,12H,5,9-11H2,1H3,(H,21,23). The second kappa shape index (κ2) is 7.49. The third-order valence-electron chi connectivity index (χ3n) is 3.85. The maximum atomic E-state index is 12.0. The molecule has 3 rings (SSSR count). The molecule has 1 aromatic heterocycles. The van der Waals surface area contributed by atoms with Crippen molar-refractivity contribution in [1.29, 1.82) is 0 Å². The lowest BCUT2D eigenvalue weighted by Gasteiger charge is -2.06. The summed E-state index contributed by atoms with van der Waals surface area (Å²) in [5.41, 5.74) is 3.87. The lowest BCUT2D eigenvalue weighted by atomic mass is 10.1. The van der Waals surface area contributed by atoms with Crippen LogP contribution in [-0.4, -0.2) is 17.4 Å². The molecule has 0 radical (unpaired) electrons. The summed E-state index contributed by atoms with van der Waals surface area (Å²) in [5.74, 6) is 0.711. The van der Waals surface area contributed by atoms with Crippen LogP contribution in [0.1, 0.15) is 23.4 Å². The van der Waals surface area contributed by atoms with Crippen molar-refractivity contribution in [1.82, 2.24) is 10.3 Å². The highest BCUT2D eigenvalue weighted by Crippen LogP contribution is 2.17. The van der Waals surface area contributed by atoms with Crippen LogP contribution in [0.25, 0.3) is 11.1 Å². The van der Waals surface area contributed by atoms with E-state index in [0.29, 0.717) is 25.3 Å². The minimum Gasteiger partial charge on any atom is -0.441 e. The van der Waals surface area contributed by atoms with E-state index in [9.17, 15) is 4.79 Å². The Kier molecular flexibility index (Phi) is 5.16. The molecule has 3 aromatic rings. The number of aromatic nitrogens is 1. The first-order valence-electron chi connectivity index (χ1n) is 7.97. The van der Waals surface area contributed by atoms with Crippen molar-refractivity contribution < 1.29 is 9.21 Å². The van der Waals surface area contributed by atoms with Crippen molar-refractivity contribution in [3.05, 3.63) is 64.5 Å². The van der Waals surface area contributed by atoms with Gasteiger partial charge in [0.05, 0.1) is 0 Å². The minimum absolute atomic E-state index is 0.0559. The summed E-state index contributed by atoms with van der Waals surface area (Å²) in [5, 5.41) is 3.68. The Morgan fingerprint density at radius 2 is 1.88 bits per heavy atom. The average Bonchev–Trinajstić information content (AvgIpc) is 2.94. The minimum atomic E-state index is 0.0559. The number of hydrogen-bond acceptors (Lipinski definition) is 3. The molecule has 1 amide bonds. The quantitative estimate of drug-likeness (QED) is 0.734. The largest absolute Gasteiger partial charge is 0.441 e. The summed E-state index contributed by atoms with van der Waals surface area (Å²) in [4.78, 5) is 16.3. The zero-order chi connectivity index (χ0) is 16.9. The molecule has 0 saturated heterocycles. The van der Waals surface area contributed by atoms with Crippen molar-refractivity contribution >= 4 is 28.6 Å². The van der Waals surface area contributed by atoms with E-state index in [1.54, 1.807) is 0 Å². The molecular formula is C19H19ClN2O2. The van der Waals surface area contributed by atoms with E-state index in [-0.39, 0.29) is 5.91 Å². The summed E-state index contributed by atoms with van der Waals surface area (Å²) >= 11 is 5.85. The van der Waals surface area contributed by atoms with Crippen molar-refractivity contribution in [3.63, 3.8) is 0 Å². The summed E-state index contributed by atoms with van der Waals surface area (Å²) in [6.07, 6.45) is 1.95. The summed E-state index contributed by atoms with van der Waals surface area (Å²) < 4.78 is 5.45. The predicted octanol–water partition coefficient (Wildman–Crippen LogP) is 4.08. The van der Waals surface area contributed by atoms with Gasteiger partial charge >= 0.3 is 0 Å². The van der Waals surface area contributed by atoms with Gasteiger partial charge in [-0.15, -0.1) is 0 Å². The number of halogens is 1. The molecule has 0 spiro atoms. The fraction of sp³-hybridized carbons (Fsp3) is 0.263. The summed E-state index contributed by atoms with van der Waals surface area (Å²) in [6, 6.07) is 13.5. The normalized spacial score (nSPS) is 10.9. The number of carbonyl (C=O) groups is 1. The Hall–Kier alpha value is -2.33. The van der Waals surface area contributed by atoms with Gasteiger partial charge in [-0.1, -0.05) is 29.8 Å². The van der Waals surface area contributed by atoms with Crippen LogP contribution in [0.15, 0.2) is 46.9 Å². The SMILES string of the molecule is Cc1nc2cc(CCC(=O)NCCc3ccc(Cl)cc3)ccc2o1. The van der Waals surface area contributed by atoms with Crippen LogP contribution in [0.3, 0.4) is 0 Å². The summed E-state index contributed by atoms with van der Waals surface area (Å²) in [6.45, 7) is 2.45. The molecule has 24 heavy (non-hydrogen) atoms. The lowest BCUT2D eigenvalue weighted by molar-refractivity contribution is -0.121. The third kappa shape index (κ3) is 4.36. The van der Waals surface area contributed by atoms with Crippen LogP contribution in [-0.2, 0) is 17.6 Å². The van der Waals surface area contributed by atoms with E-state index in [1.807, 2.05) is 49.4 Å². The van der Waals surface area contributed by atoms with E-state index in [1.165, 1.54) is 0 Å². The van der Waals surface area contributed by atoms with Gasteiger partial charge < -0.3 is 9.73 Å². The Bertz CT molecular complexity index is 840. The molecule has 0 aliphatic heterocycles. The zero-order valence-corrected chi connectivity index (χ0v) is 14.3. The van der Waals surface area contributed by atoms with Gasteiger partial charge in [0.1, 0.15) is 5.52 Å². The van der Waals surface area contributed by atoms with Crippen molar-refractivity contribution in [3.8, 4) is 0 Å². The smallest absolute Gasteiger partial charge is 0.220 e. The van der Waals surface area contributed by atoms with Gasteiger partial charge in [0, 0.05) is 24.9 Å². The van der Waals surface area contributed by atoms with Crippen LogP contribution in [0, 0.1) is 6.92 Å². The number of aryl methyl sites for hydroxylation is 2. The number of benzene rings is 2. The molecule has 1 N–H and O–H groups in total. The fourth-order valence-electron chi connectivity index (χ4n) is 2.59. The van der Waals surface area contributed by atoms with Gasteiger partial charge in [0.25, 0.3) is 0 Å². The molecule has 124 valence electrons. The molecule has 0 saturated carbocycles. The number of nitrogens with zero attached hydrogens (tertiary/aromatic N) is 1. The molecule has 2 aromatic carbocycles. The molecule has 4 nitrogen and oxygen atoms in total. The lowest BCUT2D eigenvalue weighted by Crippen LogP contribution is -2.25. The van der Waals surface area contributed by atoms with Crippen LogP contribution >= 0.6 is 11.6 Å². The highest BCUT2D eigenvalue weighted by molar-refractivity contribution is 6.30. The topological polar surface area (TPSA) is 55.1 Å². The molecule has 5 heteroatoms. The van der Waals surface area contributed by atoms with E-state index < -0.39 is 0 Å². The summed E-state index contributed by atoms with van der Waals surface area (Å²) in [7, 11) is 0. The van der Waals surface area contributed by atoms with Gasteiger partial charge in [-0.3, -0.25) is 4.79 Å². The van der Waals surface area contributed by atoms with Crippen molar-refractivity contribution in [2.45, 2.75) is 26.2 Å². The number of oxazole rings is 1. The molecule has 0 fully saturated rings. The first-order valence-corrected chi connectivity index (χ1v) is 8.35. The Morgan fingerprint density at radius 3 is 2.67 bits per heavy atom. The van der Waals surface area contributed by atoms with Gasteiger partial charge in [0.2, 0.25) is 5.91 Å². The highest BCUT2D eigenvalue weighted by Gasteiger charge is 2.06. The molecule has 0 atom stereocenters. The van der Waals surface area contributed by atoms with Crippen LogP contribution < -0.4 is 5.32 Å². The predicted molar refractivity (Wildman–Crippen MR) is 95.2 cm³/mol. The number of nitrogens with one attached hydrogen (secondary N) is 1. The average molecular weight is 343 g/mol. The van der Waals surface area contributed by atoms with Crippen molar-refractivity contribution in [2.24, 2.45) is 0 Å². The van der Waals surface area contributed by atoms with Crippen LogP contribution in [0.2, 0.25) is 5.02 Å². The first kappa shape index (κ1) is 16.5. The molecule has 0 bridgehead atoms. The Morgan fingerprint density at radius 1 is 1.12 bits per heavy atom. The number of hydrogen-bond donors (Lipinski definition) is 1. The van der Waals surface area contributed by atoms with Gasteiger partial charge in [-0.2, -0.15) is 0 Å². The second-order valence-corrected chi connectivity index (χ2v) is 6.20. The third-order valence-corrected chi connectivity index (χ3v) is 4.10. The van der Waals surface area contributed by atoms with E-state index >= 15 is 0 Å². The van der Waals surface area contributed by atoms with E-state index in [2.05, 4.69) is 10.3 Å². The van der Waals surface area contributed by atoms with Gasteiger partial charge in [0.15, 0.2) is 11.5 Å². The molecule has 0 aliphatic rings. The van der Waals surface area contributed by atoms with E-state index in [0.717, 1.165) is 33.7 Å². The van der Waals surface area contributed by atoms with Crippen LogP contribution in [0.4, 0.5) is 0 Å². The Labute approximate surface area is 145 Å². The van der Waals surface area contributed by atoms with Crippen molar-refractivity contribution in [2.75, 3.05) is 6.54 Å². The molecule has 0 unspecified atom stereocenters. The maximum absolute atomic E-state index is 12.0. The first-order chi connectivity index (χ1) is 11.6. The fourth-order valence-corrected chi connectivity index (χ4v) is 2.71. The van der Waals surface area contributed by atoms with Gasteiger partial charge in [-0.05, 0) is 48.2 Å².